The van der Waals surface area contributed by atoms with Crippen molar-refractivity contribution in [2.75, 3.05) is 19.8 Å². The van der Waals surface area contributed by atoms with Crippen LogP contribution in [0.1, 0.15) is 19.1 Å². The monoisotopic (exact) mass is 392 g/mol. The third-order valence-electron chi connectivity index (χ3n) is 4.62. The van der Waals surface area contributed by atoms with E-state index < -0.39 is 0 Å². The number of aromatic amines is 1. The molecule has 0 atom stereocenters. The van der Waals surface area contributed by atoms with E-state index in [4.69, 9.17) is 13.9 Å². The van der Waals surface area contributed by atoms with Crippen LogP contribution in [0.5, 0.6) is 11.5 Å². The van der Waals surface area contributed by atoms with Crippen molar-refractivity contribution in [3.05, 3.63) is 70.7 Å². The molecule has 0 bridgehead atoms. The van der Waals surface area contributed by atoms with Crippen molar-refractivity contribution in [2.24, 2.45) is 0 Å². The maximum Gasteiger partial charge on any atom is 0.248 e. The van der Waals surface area contributed by atoms with Gasteiger partial charge in [-0.25, -0.2) is 0 Å². The highest BCUT2D eigenvalue weighted by Crippen LogP contribution is 2.28. The molecule has 0 fully saturated rings. The van der Waals surface area contributed by atoms with Gasteiger partial charge in [0.05, 0.1) is 25.3 Å². The maximum atomic E-state index is 11.4. The summed E-state index contributed by atoms with van der Waals surface area (Å²) in [5.41, 5.74) is 1.46. The summed E-state index contributed by atoms with van der Waals surface area (Å²) >= 11 is 0. The molecule has 0 aliphatic carbocycles. The van der Waals surface area contributed by atoms with Gasteiger partial charge in [-0.05, 0) is 55.6 Å². The summed E-state index contributed by atoms with van der Waals surface area (Å²) in [6, 6.07) is 17.0. The van der Waals surface area contributed by atoms with E-state index in [0.717, 1.165) is 52.1 Å². The van der Waals surface area contributed by atoms with Crippen LogP contribution in [0.4, 0.5) is 0 Å². The first-order valence-corrected chi connectivity index (χ1v) is 9.84. The van der Waals surface area contributed by atoms with E-state index in [1.807, 2.05) is 49.4 Å². The van der Waals surface area contributed by atoms with Gasteiger partial charge in [-0.2, -0.15) is 0 Å². The van der Waals surface area contributed by atoms with E-state index in [9.17, 15) is 4.79 Å². The number of ether oxygens (including phenoxy) is 2. The lowest BCUT2D eigenvalue weighted by Gasteiger charge is -2.07. The van der Waals surface area contributed by atoms with Gasteiger partial charge in [0.15, 0.2) is 11.3 Å². The third kappa shape index (κ3) is 4.60. The lowest BCUT2D eigenvalue weighted by Crippen LogP contribution is -2.16. The molecule has 2 N–H and O–H groups in total. The summed E-state index contributed by atoms with van der Waals surface area (Å²) < 4.78 is 17.3. The van der Waals surface area contributed by atoms with Crippen molar-refractivity contribution in [1.82, 2.24) is 10.3 Å². The van der Waals surface area contributed by atoms with E-state index in [-0.39, 0.29) is 5.56 Å². The lowest BCUT2D eigenvalue weighted by molar-refractivity contribution is 0.307. The van der Waals surface area contributed by atoms with E-state index in [1.165, 1.54) is 6.07 Å². The minimum absolute atomic E-state index is 0.113. The fourth-order valence-corrected chi connectivity index (χ4v) is 3.26. The summed E-state index contributed by atoms with van der Waals surface area (Å²) in [5, 5.41) is 5.41. The van der Waals surface area contributed by atoms with Crippen molar-refractivity contribution in [1.29, 1.82) is 0 Å². The van der Waals surface area contributed by atoms with Gasteiger partial charge in [0.2, 0.25) is 5.56 Å². The van der Waals surface area contributed by atoms with Gasteiger partial charge in [-0.15, -0.1) is 0 Å². The summed E-state index contributed by atoms with van der Waals surface area (Å²) in [7, 11) is 0. The zero-order valence-electron chi connectivity index (χ0n) is 16.4. The van der Waals surface area contributed by atoms with E-state index in [2.05, 4.69) is 10.3 Å². The lowest BCUT2D eigenvalue weighted by atomic mass is 10.2. The molecule has 0 saturated heterocycles. The highest BCUT2D eigenvalue weighted by molar-refractivity contribution is 5.83. The number of rotatable bonds is 9. The summed E-state index contributed by atoms with van der Waals surface area (Å²) in [6.45, 7) is 4.62. The van der Waals surface area contributed by atoms with Crippen molar-refractivity contribution in [2.45, 2.75) is 19.9 Å². The molecular formula is C23H24N2O4. The molecule has 2 aromatic carbocycles. The smallest absolute Gasteiger partial charge is 0.248 e. The number of aromatic nitrogens is 1. The molecule has 0 radical (unpaired) electrons. The van der Waals surface area contributed by atoms with Gasteiger partial charge in [0.25, 0.3) is 0 Å². The van der Waals surface area contributed by atoms with Gasteiger partial charge in [-0.1, -0.05) is 12.1 Å². The molecule has 0 aliphatic heterocycles. The fourth-order valence-electron chi connectivity index (χ4n) is 3.26. The average molecular weight is 392 g/mol. The zero-order valence-corrected chi connectivity index (χ0v) is 16.4. The van der Waals surface area contributed by atoms with Gasteiger partial charge in [0.1, 0.15) is 11.5 Å². The first-order chi connectivity index (χ1) is 14.2. The fraction of sp³-hybridized carbons (Fsp3) is 0.261. The number of para-hydroxylation sites is 1. The van der Waals surface area contributed by atoms with Crippen LogP contribution in [-0.4, -0.2) is 24.7 Å². The zero-order chi connectivity index (χ0) is 20.1. The average Bonchev–Trinajstić information content (AvgIpc) is 3.14. The predicted molar refractivity (Wildman–Crippen MR) is 114 cm³/mol. The molecule has 2 heterocycles. The van der Waals surface area contributed by atoms with E-state index in [0.29, 0.717) is 19.8 Å². The molecule has 0 amide bonds. The Morgan fingerprint density at radius 3 is 2.83 bits per heavy atom. The Kier molecular flexibility index (Phi) is 5.81. The second kappa shape index (κ2) is 8.84. The standard InChI is InChI=1S/C23H24N2O4/c1-2-27-21-6-3-5-17-13-19(29-23(17)21)15-24-11-4-12-28-18-9-7-16-8-10-22(26)25-20(16)14-18/h3,5-10,13-14,24H,2,4,11-12,15H2,1H3,(H,25,26). The Balaban J connectivity index is 1.24. The molecule has 6 heteroatoms. The molecule has 6 nitrogen and oxygen atoms in total. The van der Waals surface area contributed by atoms with Crippen LogP contribution in [0.15, 0.2) is 63.8 Å². The summed E-state index contributed by atoms with van der Waals surface area (Å²) in [4.78, 5) is 14.2. The molecule has 2 aromatic heterocycles. The first-order valence-electron chi connectivity index (χ1n) is 9.84. The Morgan fingerprint density at radius 2 is 1.93 bits per heavy atom. The number of H-pyrrole nitrogens is 1. The normalized spacial score (nSPS) is 11.2. The highest BCUT2D eigenvalue weighted by Gasteiger charge is 2.08. The number of hydrogen-bond acceptors (Lipinski definition) is 5. The van der Waals surface area contributed by atoms with Crippen LogP contribution in [-0.2, 0) is 6.54 Å². The van der Waals surface area contributed by atoms with Crippen molar-refractivity contribution >= 4 is 21.9 Å². The van der Waals surface area contributed by atoms with Crippen molar-refractivity contribution in [3.8, 4) is 11.5 Å². The second-order valence-electron chi connectivity index (χ2n) is 6.77. The number of fused-ring (bicyclic) bond motifs is 2. The number of benzene rings is 2. The molecule has 29 heavy (non-hydrogen) atoms. The Hall–Kier alpha value is -3.25. The Morgan fingerprint density at radius 1 is 1.03 bits per heavy atom. The van der Waals surface area contributed by atoms with Crippen LogP contribution >= 0.6 is 0 Å². The summed E-state index contributed by atoms with van der Waals surface area (Å²) in [5.74, 6) is 2.41. The molecule has 0 unspecified atom stereocenters. The second-order valence-corrected chi connectivity index (χ2v) is 6.77. The van der Waals surface area contributed by atoms with E-state index >= 15 is 0 Å². The third-order valence-corrected chi connectivity index (χ3v) is 4.62. The molecule has 0 aliphatic rings. The maximum absolute atomic E-state index is 11.4. The van der Waals surface area contributed by atoms with Gasteiger partial charge < -0.3 is 24.2 Å². The molecule has 4 rings (SSSR count). The molecule has 150 valence electrons. The highest BCUT2D eigenvalue weighted by atomic mass is 16.5. The quantitative estimate of drug-likeness (QED) is 0.417. The predicted octanol–water partition coefficient (Wildman–Crippen LogP) is 4.23. The van der Waals surface area contributed by atoms with Crippen LogP contribution in [0.3, 0.4) is 0 Å². The van der Waals surface area contributed by atoms with Crippen LogP contribution in [0.25, 0.3) is 21.9 Å². The van der Waals surface area contributed by atoms with Gasteiger partial charge >= 0.3 is 0 Å². The van der Waals surface area contributed by atoms with Crippen LogP contribution in [0, 0.1) is 0 Å². The molecule has 0 saturated carbocycles. The molecular weight excluding hydrogens is 368 g/mol. The SMILES string of the molecule is CCOc1cccc2cc(CNCCCOc3ccc4ccc(=O)[nH]c4c3)oc12. The summed E-state index contributed by atoms with van der Waals surface area (Å²) in [6.07, 6.45) is 0.855. The van der Waals surface area contributed by atoms with Crippen LogP contribution in [0.2, 0.25) is 0 Å². The van der Waals surface area contributed by atoms with Gasteiger partial charge in [0, 0.05) is 17.5 Å². The van der Waals surface area contributed by atoms with Crippen molar-refractivity contribution < 1.29 is 13.9 Å². The Labute approximate surface area is 168 Å². The number of hydrogen-bond donors (Lipinski definition) is 2. The number of furan rings is 1. The van der Waals surface area contributed by atoms with Gasteiger partial charge in [-0.3, -0.25) is 4.79 Å². The van der Waals surface area contributed by atoms with Crippen molar-refractivity contribution in [3.63, 3.8) is 0 Å². The first kappa shape index (κ1) is 19.1. The number of nitrogens with one attached hydrogen (secondary N) is 2. The topological polar surface area (TPSA) is 76.5 Å². The van der Waals surface area contributed by atoms with Crippen LogP contribution < -0.4 is 20.3 Å². The number of pyridine rings is 1. The molecule has 0 spiro atoms. The largest absolute Gasteiger partial charge is 0.493 e. The minimum atomic E-state index is -0.113. The minimum Gasteiger partial charge on any atom is -0.493 e. The Bertz CT molecular complexity index is 1160. The van der Waals surface area contributed by atoms with E-state index in [1.54, 1.807) is 6.07 Å². The molecule has 4 aromatic rings.